The molecular formula is C15H23N3O3. The Bertz CT molecular complexity index is 524. The summed E-state index contributed by atoms with van der Waals surface area (Å²) in [4.78, 5) is 26.3. The lowest BCUT2D eigenvalue weighted by Gasteiger charge is -2.33. The predicted octanol–water partition coefficient (Wildman–Crippen LogP) is 1.63. The van der Waals surface area contributed by atoms with E-state index >= 15 is 0 Å². The number of likely N-dealkylation sites (tertiary alicyclic amines) is 1. The number of hydrogen-bond acceptors (Lipinski definition) is 4. The van der Waals surface area contributed by atoms with Crippen LogP contribution in [0.25, 0.3) is 0 Å². The van der Waals surface area contributed by atoms with Crippen molar-refractivity contribution in [1.29, 1.82) is 0 Å². The quantitative estimate of drug-likeness (QED) is 0.792. The van der Waals surface area contributed by atoms with E-state index in [2.05, 4.69) is 5.10 Å². The molecule has 0 unspecified atom stereocenters. The Balaban J connectivity index is 2.28. The molecule has 0 aromatic carbocycles. The molecule has 6 heteroatoms. The van der Waals surface area contributed by atoms with E-state index in [1.165, 1.54) is 7.11 Å². The molecule has 2 heterocycles. The number of carbonyl (C=O) groups is 2. The van der Waals surface area contributed by atoms with E-state index < -0.39 is 6.04 Å². The van der Waals surface area contributed by atoms with Crippen molar-refractivity contribution in [1.82, 2.24) is 14.7 Å². The Labute approximate surface area is 125 Å². The Morgan fingerprint density at radius 1 is 1.38 bits per heavy atom. The van der Waals surface area contributed by atoms with E-state index in [9.17, 15) is 9.59 Å². The molecule has 0 N–H and O–H groups in total. The Morgan fingerprint density at radius 2 is 2.14 bits per heavy atom. The molecular weight excluding hydrogens is 270 g/mol. The number of nitrogens with zero attached hydrogens (tertiary/aromatic N) is 3. The first-order valence-electron chi connectivity index (χ1n) is 7.57. The molecule has 116 valence electrons. The summed E-state index contributed by atoms with van der Waals surface area (Å²) in [5.41, 5.74) is 1.46. The number of methoxy groups -OCH3 is 1. The number of piperidine rings is 1. The van der Waals surface area contributed by atoms with E-state index in [-0.39, 0.29) is 11.9 Å². The number of ether oxygens (including phenoxy) is 1. The molecule has 1 amide bonds. The minimum absolute atomic E-state index is 0.126. The van der Waals surface area contributed by atoms with Crippen molar-refractivity contribution >= 4 is 11.9 Å². The third-order valence-electron chi connectivity index (χ3n) is 3.95. The van der Waals surface area contributed by atoms with Crippen molar-refractivity contribution in [3.8, 4) is 0 Å². The number of aromatic nitrogens is 2. The molecule has 21 heavy (non-hydrogen) atoms. The van der Waals surface area contributed by atoms with Gasteiger partial charge in [-0.1, -0.05) is 6.92 Å². The highest BCUT2D eigenvalue weighted by Gasteiger charge is 2.34. The van der Waals surface area contributed by atoms with Gasteiger partial charge in [0.1, 0.15) is 11.7 Å². The summed E-state index contributed by atoms with van der Waals surface area (Å²) in [5, 5.41) is 4.41. The Morgan fingerprint density at radius 3 is 2.76 bits per heavy atom. The lowest BCUT2D eigenvalue weighted by molar-refractivity contribution is -0.147. The summed E-state index contributed by atoms with van der Waals surface area (Å²) in [6.07, 6.45) is 3.31. The average molecular weight is 293 g/mol. The van der Waals surface area contributed by atoms with E-state index in [1.54, 1.807) is 9.58 Å². The molecule has 0 spiro atoms. The molecule has 1 aliphatic heterocycles. The van der Waals surface area contributed by atoms with Crippen LogP contribution in [0.2, 0.25) is 0 Å². The predicted molar refractivity (Wildman–Crippen MR) is 78.0 cm³/mol. The number of rotatable bonds is 4. The van der Waals surface area contributed by atoms with Crippen LogP contribution in [0.1, 0.15) is 49.3 Å². The molecule has 2 rings (SSSR count). The first-order chi connectivity index (χ1) is 10.1. The van der Waals surface area contributed by atoms with Gasteiger partial charge in [0.2, 0.25) is 0 Å². The second-order valence-electron chi connectivity index (χ2n) is 5.22. The Hall–Kier alpha value is -1.85. The topological polar surface area (TPSA) is 64.4 Å². The maximum atomic E-state index is 12.8. The first kappa shape index (κ1) is 15.5. The molecule has 0 bridgehead atoms. The van der Waals surface area contributed by atoms with Gasteiger partial charge in [0.15, 0.2) is 0 Å². The van der Waals surface area contributed by atoms with Crippen molar-refractivity contribution in [2.45, 2.75) is 52.1 Å². The molecule has 1 fully saturated rings. The van der Waals surface area contributed by atoms with Gasteiger partial charge >= 0.3 is 5.97 Å². The molecule has 1 aliphatic rings. The number of esters is 1. The maximum absolute atomic E-state index is 12.8. The SMILES string of the molecule is CCc1cc(C(=O)N2CCCC[C@@H]2C(=O)OC)n(CC)n1. The van der Waals surface area contributed by atoms with Crippen LogP contribution in [0.15, 0.2) is 6.07 Å². The van der Waals surface area contributed by atoms with Gasteiger partial charge in [-0.05, 0) is 38.7 Å². The van der Waals surface area contributed by atoms with Crippen LogP contribution in [0.3, 0.4) is 0 Å². The van der Waals surface area contributed by atoms with Gasteiger partial charge in [-0.25, -0.2) is 4.79 Å². The number of carbonyl (C=O) groups excluding carboxylic acids is 2. The zero-order valence-corrected chi connectivity index (χ0v) is 13.0. The summed E-state index contributed by atoms with van der Waals surface area (Å²) in [6, 6.07) is 1.36. The third kappa shape index (κ3) is 3.09. The standard InChI is InChI=1S/C15H23N3O3/c1-4-11-10-13(18(5-2)16-11)14(19)17-9-7-6-8-12(17)15(20)21-3/h10,12H,4-9H2,1-3H3/t12-/m1/s1. The van der Waals surface area contributed by atoms with Crippen LogP contribution < -0.4 is 0 Å². The van der Waals surface area contributed by atoms with E-state index in [4.69, 9.17) is 4.74 Å². The minimum atomic E-state index is -0.471. The first-order valence-corrected chi connectivity index (χ1v) is 7.57. The van der Waals surface area contributed by atoms with Crippen LogP contribution in [0.5, 0.6) is 0 Å². The average Bonchev–Trinajstić information content (AvgIpc) is 2.96. The van der Waals surface area contributed by atoms with Crippen LogP contribution in [0.4, 0.5) is 0 Å². The van der Waals surface area contributed by atoms with Crippen LogP contribution in [0, 0.1) is 0 Å². The highest BCUT2D eigenvalue weighted by Crippen LogP contribution is 2.21. The molecule has 6 nitrogen and oxygen atoms in total. The monoisotopic (exact) mass is 293 g/mol. The molecule has 0 radical (unpaired) electrons. The zero-order chi connectivity index (χ0) is 15.4. The molecule has 1 aromatic heterocycles. The van der Waals surface area contributed by atoms with E-state index in [1.807, 2.05) is 19.9 Å². The second kappa shape index (κ2) is 6.74. The van der Waals surface area contributed by atoms with Crippen molar-refractivity contribution in [2.24, 2.45) is 0 Å². The van der Waals surface area contributed by atoms with Gasteiger partial charge in [-0.15, -0.1) is 0 Å². The van der Waals surface area contributed by atoms with Crippen molar-refractivity contribution in [3.63, 3.8) is 0 Å². The molecule has 0 aliphatic carbocycles. The molecule has 1 aromatic rings. The lowest BCUT2D eigenvalue weighted by Crippen LogP contribution is -2.48. The van der Waals surface area contributed by atoms with Crippen molar-refractivity contribution in [2.75, 3.05) is 13.7 Å². The largest absolute Gasteiger partial charge is 0.467 e. The summed E-state index contributed by atoms with van der Waals surface area (Å²) in [7, 11) is 1.37. The van der Waals surface area contributed by atoms with Gasteiger partial charge in [0.25, 0.3) is 5.91 Å². The number of amides is 1. The zero-order valence-electron chi connectivity index (χ0n) is 13.0. The second-order valence-corrected chi connectivity index (χ2v) is 5.22. The van der Waals surface area contributed by atoms with Gasteiger partial charge in [-0.2, -0.15) is 5.10 Å². The van der Waals surface area contributed by atoms with Crippen molar-refractivity contribution < 1.29 is 14.3 Å². The van der Waals surface area contributed by atoms with Crippen molar-refractivity contribution in [3.05, 3.63) is 17.5 Å². The van der Waals surface area contributed by atoms with Gasteiger partial charge < -0.3 is 9.64 Å². The summed E-state index contributed by atoms with van der Waals surface area (Å²) in [5.74, 6) is -0.458. The fourth-order valence-corrected chi connectivity index (χ4v) is 2.76. The van der Waals surface area contributed by atoms with Gasteiger partial charge in [-0.3, -0.25) is 9.48 Å². The molecule has 0 saturated carbocycles. The minimum Gasteiger partial charge on any atom is -0.467 e. The normalized spacial score (nSPS) is 18.6. The fraction of sp³-hybridized carbons (Fsp3) is 0.667. The third-order valence-corrected chi connectivity index (χ3v) is 3.95. The van der Waals surface area contributed by atoms with Crippen LogP contribution in [-0.4, -0.2) is 46.3 Å². The highest BCUT2D eigenvalue weighted by atomic mass is 16.5. The molecule has 1 atom stereocenters. The lowest BCUT2D eigenvalue weighted by atomic mass is 10.0. The highest BCUT2D eigenvalue weighted by molar-refractivity contribution is 5.95. The summed E-state index contributed by atoms with van der Waals surface area (Å²) >= 11 is 0. The van der Waals surface area contributed by atoms with Crippen LogP contribution in [-0.2, 0) is 22.5 Å². The van der Waals surface area contributed by atoms with Crippen LogP contribution >= 0.6 is 0 Å². The fourth-order valence-electron chi connectivity index (χ4n) is 2.76. The number of aryl methyl sites for hydroxylation is 2. The number of hydrogen-bond donors (Lipinski definition) is 0. The summed E-state index contributed by atoms with van der Waals surface area (Å²) < 4.78 is 6.55. The Kier molecular flexibility index (Phi) is 4.98. The summed E-state index contributed by atoms with van der Waals surface area (Å²) in [6.45, 7) is 5.19. The van der Waals surface area contributed by atoms with E-state index in [0.29, 0.717) is 25.2 Å². The van der Waals surface area contributed by atoms with Gasteiger partial charge in [0.05, 0.1) is 12.8 Å². The molecule has 1 saturated heterocycles. The van der Waals surface area contributed by atoms with E-state index in [0.717, 1.165) is 25.0 Å². The van der Waals surface area contributed by atoms with Gasteiger partial charge in [0, 0.05) is 13.1 Å². The smallest absolute Gasteiger partial charge is 0.328 e. The maximum Gasteiger partial charge on any atom is 0.328 e.